The number of aliphatic carboxylic acids is 1. The molecule has 116 valence electrons. The van der Waals surface area contributed by atoms with Gasteiger partial charge in [0.1, 0.15) is 11.7 Å². The summed E-state index contributed by atoms with van der Waals surface area (Å²) in [6, 6.07) is 6.74. The van der Waals surface area contributed by atoms with Crippen LogP contribution in [0.5, 0.6) is 5.75 Å². The summed E-state index contributed by atoms with van der Waals surface area (Å²) in [6.07, 6.45) is 0. The van der Waals surface area contributed by atoms with Crippen molar-refractivity contribution in [2.45, 2.75) is 12.5 Å². The van der Waals surface area contributed by atoms with Crippen molar-refractivity contribution in [1.82, 2.24) is 0 Å². The van der Waals surface area contributed by atoms with E-state index in [-0.39, 0.29) is 6.61 Å². The molecule has 0 aliphatic heterocycles. The predicted molar refractivity (Wildman–Crippen MR) is 75.4 cm³/mol. The number of methoxy groups -OCH3 is 3. The fourth-order valence-electron chi connectivity index (χ4n) is 2.11. The van der Waals surface area contributed by atoms with Crippen LogP contribution in [0.25, 0.3) is 0 Å². The Morgan fingerprint density at radius 2 is 1.95 bits per heavy atom. The second-order valence-corrected chi connectivity index (χ2v) is 4.62. The van der Waals surface area contributed by atoms with Crippen LogP contribution in [0.1, 0.15) is 12.5 Å². The number of ketones is 1. The van der Waals surface area contributed by atoms with Crippen molar-refractivity contribution in [1.29, 1.82) is 0 Å². The largest absolute Gasteiger partial charge is 0.497 e. The summed E-state index contributed by atoms with van der Waals surface area (Å²) in [5, 5.41) is 9.09. The number of hydrogen-bond acceptors (Lipinski definition) is 5. The minimum absolute atomic E-state index is 0.0902. The molecule has 1 rings (SSSR count). The topological polar surface area (TPSA) is 82.1 Å². The fourth-order valence-corrected chi connectivity index (χ4v) is 2.11. The van der Waals surface area contributed by atoms with Gasteiger partial charge in [-0.1, -0.05) is 12.1 Å². The molecule has 0 saturated heterocycles. The zero-order valence-electron chi connectivity index (χ0n) is 12.6. The molecular formula is C15H20O6. The molecule has 0 aromatic heterocycles. The van der Waals surface area contributed by atoms with E-state index < -0.39 is 23.3 Å². The summed E-state index contributed by atoms with van der Waals surface area (Å²) in [6.45, 7) is 1.24. The Hall–Kier alpha value is -1.92. The van der Waals surface area contributed by atoms with Crippen molar-refractivity contribution in [3.63, 3.8) is 0 Å². The highest BCUT2D eigenvalue weighted by molar-refractivity contribution is 6.03. The van der Waals surface area contributed by atoms with Gasteiger partial charge >= 0.3 is 5.97 Å². The summed E-state index contributed by atoms with van der Waals surface area (Å²) in [4.78, 5) is 23.7. The summed E-state index contributed by atoms with van der Waals surface area (Å²) in [5.41, 5.74) is -0.995. The molecule has 1 aromatic rings. The number of carboxylic acid groups (broad SMARTS) is 1. The first kappa shape index (κ1) is 17.1. The van der Waals surface area contributed by atoms with Crippen molar-refractivity contribution in [2.75, 3.05) is 27.9 Å². The van der Waals surface area contributed by atoms with Gasteiger partial charge in [0.2, 0.25) is 0 Å². The highest BCUT2D eigenvalue weighted by Gasteiger charge is 2.45. The van der Waals surface area contributed by atoms with Gasteiger partial charge < -0.3 is 19.3 Å². The second-order valence-electron chi connectivity index (χ2n) is 4.62. The number of carbonyl (C=O) groups excluding carboxylic acids is 1. The summed E-state index contributed by atoms with van der Waals surface area (Å²) in [7, 11) is 4.28. The van der Waals surface area contributed by atoms with Gasteiger partial charge in [0.25, 0.3) is 0 Å². The molecule has 0 amide bonds. The van der Waals surface area contributed by atoms with Crippen LogP contribution in [0.2, 0.25) is 0 Å². The normalized spacial score (nSPS) is 15.0. The Balaban J connectivity index is 3.37. The van der Waals surface area contributed by atoms with Gasteiger partial charge in [0.15, 0.2) is 11.4 Å². The number of Topliss-reactive ketones (excluding diaryl/α,β-unsaturated/α-hetero) is 1. The molecule has 0 heterocycles. The monoisotopic (exact) mass is 296 g/mol. The smallest absolute Gasteiger partial charge is 0.313 e. The lowest BCUT2D eigenvalue weighted by atomic mass is 9.83. The third-order valence-electron chi connectivity index (χ3n) is 3.39. The Kier molecular flexibility index (Phi) is 5.87. The van der Waals surface area contributed by atoms with E-state index in [0.29, 0.717) is 11.3 Å². The average Bonchev–Trinajstić information content (AvgIpc) is 2.51. The van der Waals surface area contributed by atoms with Gasteiger partial charge in [-0.3, -0.25) is 9.59 Å². The number of hydrogen-bond donors (Lipinski definition) is 1. The van der Waals surface area contributed by atoms with E-state index >= 15 is 0 Å². The summed E-state index contributed by atoms with van der Waals surface area (Å²) >= 11 is 0. The third kappa shape index (κ3) is 3.40. The van der Waals surface area contributed by atoms with Crippen molar-refractivity contribution in [2.24, 2.45) is 5.92 Å². The van der Waals surface area contributed by atoms with Gasteiger partial charge in [-0.25, -0.2) is 0 Å². The van der Waals surface area contributed by atoms with Crippen LogP contribution < -0.4 is 4.74 Å². The molecule has 6 heteroatoms. The molecule has 1 N–H and O–H groups in total. The Morgan fingerprint density at radius 3 is 2.43 bits per heavy atom. The first-order valence-corrected chi connectivity index (χ1v) is 6.38. The van der Waals surface area contributed by atoms with Crippen LogP contribution >= 0.6 is 0 Å². The minimum Gasteiger partial charge on any atom is -0.497 e. The molecular weight excluding hydrogens is 276 g/mol. The van der Waals surface area contributed by atoms with Gasteiger partial charge in [0.05, 0.1) is 13.7 Å². The van der Waals surface area contributed by atoms with E-state index in [1.807, 2.05) is 0 Å². The van der Waals surface area contributed by atoms with Crippen LogP contribution in [0.3, 0.4) is 0 Å². The standard InChI is InChI=1S/C15H20O6/c1-10(14(17)18)13(16)15(21-4,9-19-2)11-6-5-7-12(8-11)20-3/h5-8,10H,9H2,1-4H3,(H,17,18). The zero-order valence-corrected chi connectivity index (χ0v) is 12.6. The van der Waals surface area contributed by atoms with E-state index in [9.17, 15) is 9.59 Å². The van der Waals surface area contributed by atoms with Crippen molar-refractivity contribution in [3.8, 4) is 5.75 Å². The molecule has 0 radical (unpaired) electrons. The highest BCUT2D eigenvalue weighted by atomic mass is 16.5. The van der Waals surface area contributed by atoms with Crippen molar-refractivity contribution >= 4 is 11.8 Å². The molecule has 21 heavy (non-hydrogen) atoms. The van der Waals surface area contributed by atoms with Gasteiger partial charge in [0, 0.05) is 14.2 Å². The molecule has 0 spiro atoms. The molecule has 1 aromatic carbocycles. The molecule has 0 fully saturated rings. The molecule has 2 atom stereocenters. The SMILES string of the molecule is COCC(OC)(C(=O)C(C)C(=O)O)c1cccc(OC)c1. The van der Waals surface area contributed by atoms with Crippen LogP contribution in [0.4, 0.5) is 0 Å². The number of carboxylic acids is 1. The minimum atomic E-state index is -1.49. The Bertz CT molecular complexity index is 513. The zero-order chi connectivity index (χ0) is 16.0. The number of carbonyl (C=O) groups is 2. The van der Waals surface area contributed by atoms with Crippen LogP contribution in [0, 0.1) is 5.92 Å². The lowest BCUT2D eigenvalue weighted by molar-refractivity contribution is -0.161. The Labute approximate surface area is 123 Å². The average molecular weight is 296 g/mol. The van der Waals surface area contributed by atoms with Crippen LogP contribution in [-0.4, -0.2) is 44.8 Å². The van der Waals surface area contributed by atoms with Crippen LogP contribution in [0.15, 0.2) is 24.3 Å². The fraction of sp³-hybridized carbons (Fsp3) is 0.467. The quantitative estimate of drug-likeness (QED) is 0.732. The lowest BCUT2D eigenvalue weighted by Crippen LogP contribution is -2.46. The van der Waals surface area contributed by atoms with Gasteiger partial charge in [-0.2, -0.15) is 0 Å². The van der Waals surface area contributed by atoms with E-state index in [2.05, 4.69) is 0 Å². The highest BCUT2D eigenvalue weighted by Crippen LogP contribution is 2.32. The first-order valence-electron chi connectivity index (χ1n) is 6.38. The lowest BCUT2D eigenvalue weighted by Gasteiger charge is -2.32. The first-order chi connectivity index (χ1) is 9.92. The maximum atomic E-state index is 12.6. The molecule has 6 nitrogen and oxygen atoms in total. The third-order valence-corrected chi connectivity index (χ3v) is 3.39. The predicted octanol–water partition coefficient (Wildman–Crippen LogP) is 1.47. The Morgan fingerprint density at radius 1 is 1.29 bits per heavy atom. The molecule has 0 aliphatic rings. The summed E-state index contributed by atoms with van der Waals surface area (Å²) in [5.74, 6) is -2.46. The number of benzene rings is 1. The van der Waals surface area contributed by atoms with E-state index in [4.69, 9.17) is 19.3 Å². The van der Waals surface area contributed by atoms with Gasteiger partial charge in [-0.15, -0.1) is 0 Å². The van der Waals surface area contributed by atoms with Gasteiger partial charge in [-0.05, 0) is 24.6 Å². The van der Waals surface area contributed by atoms with Crippen molar-refractivity contribution < 1.29 is 28.9 Å². The van der Waals surface area contributed by atoms with E-state index in [0.717, 1.165) is 0 Å². The van der Waals surface area contributed by atoms with Crippen LogP contribution in [-0.2, 0) is 24.7 Å². The maximum Gasteiger partial charge on any atom is 0.313 e. The second kappa shape index (κ2) is 7.19. The molecule has 0 bridgehead atoms. The van der Waals surface area contributed by atoms with E-state index in [1.165, 1.54) is 28.3 Å². The number of ether oxygens (including phenoxy) is 3. The van der Waals surface area contributed by atoms with Crippen molar-refractivity contribution in [3.05, 3.63) is 29.8 Å². The van der Waals surface area contributed by atoms with E-state index in [1.54, 1.807) is 24.3 Å². The maximum absolute atomic E-state index is 12.6. The summed E-state index contributed by atoms with van der Waals surface area (Å²) < 4.78 is 15.6. The molecule has 0 aliphatic carbocycles. The number of rotatable bonds is 8. The molecule has 2 unspecified atom stereocenters. The molecule has 0 saturated carbocycles.